The van der Waals surface area contributed by atoms with Crippen LogP contribution >= 0.6 is 0 Å². The molecule has 160 valence electrons. The van der Waals surface area contributed by atoms with E-state index in [4.69, 9.17) is 4.42 Å². The first-order valence-electron chi connectivity index (χ1n) is 9.90. The molecule has 4 aromatic rings. The molecule has 1 aliphatic rings. The maximum absolute atomic E-state index is 12.9. The molecule has 10 heteroatoms. The number of rotatable bonds is 6. The molecule has 0 aliphatic carbocycles. The van der Waals surface area contributed by atoms with Gasteiger partial charge in [-0.2, -0.15) is 5.10 Å². The molecule has 4 heterocycles. The van der Waals surface area contributed by atoms with Gasteiger partial charge in [0.2, 0.25) is 5.91 Å². The Labute approximate surface area is 181 Å². The van der Waals surface area contributed by atoms with E-state index >= 15 is 0 Å². The first-order chi connectivity index (χ1) is 15.6. The second-order valence-corrected chi connectivity index (χ2v) is 7.31. The summed E-state index contributed by atoms with van der Waals surface area (Å²) in [6, 6.07) is 9.79. The van der Waals surface area contributed by atoms with E-state index in [1.807, 2.05) is 0 Å². The van der Waals surface area contributed by atoms with Crippen LogP contribution in [-0.2, 0) is 17.8 Å². The van der Waals surface area contributed by atoms with Gasteiger partial charge in [0.15, 0.2) is 11.6 Å². The lowest BCUT2D eigenvalue weighted by atomic mass is 10.0. The summed E-state index contributed by atoms with van der Waals surface area (Å²) in [6.07, 6.45) is 6.07. The number of Topliss-reactive ketones (excluding diaryl/α,β-unsaturated/α-hetero) is 1. The van der Waals surface area contributed by atoms with E-state index in [1.165, 1.54) is 23.2 Å². The highest BCUT2D eigenvalue weighted by Crippen LogP contribution is 2.32. The fourth-order valence-corrected chi connectivity index (χ4v) is 3.73. The van der Waals surface area contributed by atoms with E-state index in [0.29, 0.717) is 29.2 Å². The monoisotopic (exact) mass is 430 g/mol. The largest absolute Gasteiger partial charge is 0.423 e. The number of aromatic nitrogens is 4. The quantitative estimate of drug-likeness (QED) is 0.397. The van der Waals surface area contributed by atoms with Crippen molar-refractivity contribution in [2.45, 2.75) is 19.0 Å². The van der Waals surface area contributed by atoms with Gasteiger partial charge in [-0.15, -0.1) is 0 Å². The molecule has 32 heavy (non-hydrogen) atoms. The molecule has 10 nitrogen and oxygen atoms in total. The van der Waals surface area contributed by atoms with Crippen LogP contribution < -0.4 is 16.4 Å². The predicted octanol–water partition coefficient (Wildman–Crippen LogP) is 1.76. The van der Waals surface area contributed by atoms with E-state index < -0.39 is 11.8 Å². The lowest BCUT2D eigenvalue weighted by Gasteiger charge is -2.12. The van der Waals surface area contributed by atoms with E-state index in [1.54, 1.807) is 42.6 Å². The zero-order valence-electron chi connectivity index (χ0n) is 16.7. The molecule has 3 N–H and O–H groups in total. The fraction of sp³-hybridized carbons (Fsp3) is 0.136. The lowest BCUT2D eigenvalue weighted by Crippen LogP contribution is -2.24. The van der Waals surface area contributed by atoms with Gasteiger partial charge in [0.25, 0.3) is 0 Å². The van der Waals surface area contributed by atoms with Crippen LogP contribution in [0, 0.1) is 0 Å². The minimum Gasteiger partial charge on any atom is -0.416 e. The standard InChI is InChI=1S/C22H18N6O4/c29-17(10-13-3-5-15(6-4-13)28-8-9-32-22(28)31)25-21-18-16(26-27-21)12-24-19(18)20(30)14-2-1-7-23-11-14/h1-9,11,19,24H,10,12H2,(H2,25,26,27,29). The Bertz CT molecular complexity index is 1340. The van der Waals surface area contributed by atoms with Crippen molar-refractivity contribution in [2.75, 3.05) is 5.32 Å². The number of oxazole rings is 1. The molecule has 1 amide bonds. The fourth-order valence-electron chi connectivity index (χ4n) is 3.73. The second-order valence-electron chi connectivity index (χ2n) is 7.31. The number of ketones is 1. The van der Waals surface area contributed by atoms with Crippen LogP contribution in [0.3, 0.4) is 0 Å². The van der Waals surface area contributed by atoms with Crippen molar-refractivity contribution in [3.05, 3.63) is 94.2 Å². The van der Waals surface area contributed by atoms with Crippen LogP contribution in [0.1, 0.15) is 33.2 Å². The van der Waals surface area contributed by atoms with E-state index in [9.17, 15) is 14.4 Å². The van der Waals surface area contributed by atoms with Gasteiger partial charge in [0, 0.05) is 30.1 Å². The third-order valence-corrected chi connectivity index (χ3v) is 5.28. The van der Waals surface area contributed by atoms with Gasteiger partial charge in [-0.25, -0.2) is 9.36 Å². The molecule has 0 saturated carbocycles. The number of hydrogen-bond donors (Lipinski definition) is 3. The SMILES string of the molecule is O=C(Cc1ccc(-n2ccoc2=O)cc1)Nc1n[nH]c2c1C(C(=O)c1cccnc1)NC2. The van der Waals surface area contributed by atoms with Gasteiger partial charge in [0.1, 0.15) is 12.3 Å². The number of nitrogens with one attached hydrogen (secondary N) is 3. The Morgan fingerprint density at radius 2 is 2.06 bits per heavy atom. The average molecular weight is 430 g/mol. The third-order valence-electron chi connectivity index (χ3n) is 5.28. The van der Waals surface area contributed by atoms with Crippen molar-refractivity contribution in [3.8, 4) is 5.69 Å². The van der Waals surface area contributed by atoms with Crippen molar-refractivity contribution in [3.63, 3.8) is 0 Å². The molecule has 0 radical (unpaired) electrons. The number of aromatic amines is 1. The summed E-state index contributed by atoms with van der Waals surface area (Å²) in [5, 5.41) is 13.0. The number of hydrogen-bond acceptors (Lipinski definition) is 7. The molecule has 1 unspecified atom stereocenters. The molecule has 1 aliphatic heterocycles. The van der Waals surface area contributed by atoms with E-state index in [2.05, 4.69) is 25.8 Å². The smallest absolute Gasteiger partial charge is 0.416 e. The van der Waals surface area contributed by atoms with Crippen molar-refractivity contribution < 1.29 is 14.0 Å². The number of carbonyl (C=O) groups excluding carboxylic acids is 2. The Morgan fingerprint density at radius 3 is 2.78 bits per heavy atom. The molecular formula is C22H18N6O4. The van der Waals surface area contributed by atoms with Gasteiger partial charge >= 0.3 is 5.76 Å². The molecule has 1 aromatic carbocycles. The van der Waals surface area contributed by atoms with Crippen molar-refractivity contribution in [2.24, 2.45) is 0 Å². The Balaban J connectivity index is 1.30. The van der Waals surface area contributed by atoms with Gasteiger partial charge in [0.05, 0.1) is 24.0 Å². The first-order valence-corrected chi connectivity index (χ1v) is 9.90. The van der Waals surface area contributed by atoms with E-state index in [0.717, 1.165) is 11.3 Å². The minimum atomic E-state index is -0.615. The molecule has 0 spiro atoms. The van der Waals surface area contributed by atoms with Gasteiger partial charge in [-0.05, 0) is 29.8 Å². The molecule has 5 rings (SSSR count). The Kier molecular flexibility index (Phi) is 4.96. The number of benzene rings is 1. The number of carbonyl (C=O) groups is 2. The summed E-state index contributed by atoms with van der Waals surface area (Å²) in [4.78, 5) is 41.2. The van der Waals surface area contributed by atoms with Crippen LogP contribution in [0.2, 0.25) is 0 Å². The van der Waals surface area contributed by atoms with Gasteiger partial charge in [-0.1, -0.05) is 12.1 Å². The number of nitrogens with zero attached hydrogens (tertiary/aromatic N) is 3. The van der Waals surface area contributed by atoms with Crippen molar-refractivity contribution >= 4 is 17.5 Å². The molecule has 3 aromatic heterocycles. The predicted molar refractivity (Wildman–Crippen MR) is 113 cm³/mol. The molecular weight excluding hydrogens is 412 g/mol. The van der Waals surface area contributed by atoms with Crippen molar-refractivity contribution in [1.29, 1.82) is 0 Å². The van der Waals surface area contributed by atoms with Crippen LogP contribution in [0.15, 0.2) is 70.5 Å². The number of anilines is 1. The van der Waals surface area contributed by atoms with Crippen LogP contribution in [0.5, 0.6) is 0 Å². The van der Waals surface area contributed by atoms with Gasteiger partial charge < -0.3 is 9.73 Å². The molecule has 0 saturated heterocycles. The topological polar surface area (TPSA) is 135 Å². The first kappa shape index (κ1) is 19.6. The highest BCUT2D eigenvalue weighted by atomic mass is 16.4. The maximum Gasteiger partial charge on any atom is 0.423 e. The normalized spacial score (nSPS) is 14.8. The van der Waals surface area contributed by atoms with E-state index in [-0.39, 0.29) is 18.1 Å². The summed E-state index contributed by atoms with van der Waals surface area (Å²) in [7, 11) is 0. The molecule has 1 atom stereocenters. The average Bonchev–Trinajstić information content (AvgIpc) is 3.52. The maximum atomic E-state index is 12.9. The summed E-state index contributed by atoms with van der Waals surface area (Å²) in [5.41, 5.74) is 3.28. The third kappa shape index (κ3) is 3.63. The lowest BCUT2D eigenvalue weighted by molar-refractivity contribution is -0.115. The number of pyridine rings is 1. The number of H-pyrrole nitrogens is 1. The zero-order chi connectivity index (χ0) is 22.1. The highest BCUT2D eigenvalue weighted by molar-refractivity contribution is 6.02. The Hall–Kier alpha value is -4.31. The van der Waals surface area contributed by atoms with Crippen LogP contribution in [0.4, 0.5) is 5.82 Å². The molecule has 0 bridgehead atoms. The summed E-state index contributed by atoms with van der Waals surface area (Å²) < 4.78 is 6.13. The highest BCUT2D eigenvalue weighted by Gasteiger charge is 2.34. The summed E-state index contributed by atoms with van der Waals surface area (Å²) in [6.45, 7) is 0.448. The van der Waals surface area contributed by atoms with Crippen molar-refractivity contribution in [1.82, 2.24) is 25.1 Å². The second kappa shape index (κ2) is 8.08. The number of amides is 1. The Morgan fingerprint density at radius 1 is 1.22 bits per heavy atom. The minimum absolute atomic E-state index is 0.108. The molecule has 0 fully saturated rings. The van der Waals surface area contributed by atoms with Gasteiger partial charge in [-0.3, -0.25) is 25.0 Å². The van der Waals surface area contributed by atoms with Crippen LogP contribution in [0.25, 0.3) is 5.69 Å². The van der Waals surface area contributed by atoms with Crippen LogP contribution in [-0.4, -0.2) is 31.4 Å². The number of fused-ring (bicyclic) bond motifs is 1. The summed E-state index contributed by atoms with van der Waals surface area (Å²) >= 11 is 0. The summed E-state index contributed by atoms with van der Waals surface area (Å²) in [5.74, 6) is -0.559. The zero-order valence-corrected chi connectivity index (χ0v) is 16.7.